The van der Waals surface area contributed by atoms with E-state index in [1.54, 1.807) is 0 Å². The molecule has 0 saturated carbocycles. The largest absolute Gasteiger partial charge is 0.353 e. The predicted molar refractivity (Wildman–Crippen MR) is 93.3 cm³/mol. The van der Waals surface area contributed by atoms with Crippen LogP contribution in [-0.2, 0) is 9.59 Å². The Hall–Kier alpha value is -1.88. The quantitative estimate of drug-likeness (QED) is 0.886. The van der Waals surface area contributed by atoms with Crippen LogP contribution in [0.25, 0.3) is 0 Å². The van der Waals surface area contributed by atoms with Gasteiger partial charge in [-0.05, 0) is 38.8 Å². The highest BCUT2D eigenvalue weighted by Gasteiger charge is 2.37. The molecule has 2 fully saturated rings. The molecule has 4 unspecified atom stereocenters. The van der Waals surface area contributed by atoms with Gasteiger partial charge < -0.3 is 15.5 Å². The summed E-state index contributed by atoms with van der Waals surface area (Å²) in [6.45, 7) is 5.62. The molecule has 130 valence electrons. The number of amides is 2. The van der Waals surface area contributed by atoms with Gasteiger partial charge in [-0.25, -0.2) is 0 Å². The summed E-state index contributed by atoms with van der Waals surface area (Å²) < 4.78 is 0. The maximum absolute atomic E-state index is 12.6. The molecule has 2 N–H and O–H groups in total. The molecule has 0 radical (unpaired) electrons. The summed E-state index contributed by atoms with van der Waals surface area (Å²) in [7, 11) is 0. The second-order valence-electron chi connectivity index (χ2n) is 7.12. The summed E-state index contributed by atoms with van der Waals surface area (Å²) in [5, 5.41) is 6.54. The van der Waals surface area contributed by atoms with Crippen molar-refractivity contribution in [2.75, 3.05) is 13.1 Å². The summed E-state index contributed by atoms with van der Waals surface area (Å²) in [5.41, 5.74) is 1.11. The van der Waals surface area contributed by atoms with Crippen LogP contribution in [0.15, 0.2) is 30.3 Å². The molecule has 0 aromatic heterocycles. The molecule has 1 aromatic rings. The van der Waals surface area contributed by atoms with E-state index in [1.165, 1.54) is 0 Å². The number of carbonyl (C=O) groups excluding carboxylic acids is 2. The van der Waals surface area contributed by atoms with E-state index >= 15 is 0 Å². The zero-order valence-electron chi connectivity index (χ0n) is 14.5. The van der Waals surface area contributed by atoms with E-state index in [0.29, 0.717) is 19.0 Å². The lowest BCUT2D eigenvalue weighted by Crippen LogP contribution is -2.48. The number of hydrogen-bond donors (Lipinski definition) is 2. The summed E-state index contributed by atoms with van der Waals surface area (Å²) >= 11 is 0. The fourth-order valence-corrected chi connectivity index (χ4v) is 3.78. The molecular formula is C19H27N3O2. The molecule has 2 heterocycles. The van der Waals surface area contributed by atoms with Gasteiger partial charge in [0.25, 0.3) is 0 Å². The predicted octanol–water partition coefficient (Wildman–Crippen LogP) is 1.85. The maximum atomic E-state index is 12.6. The van der Waals surface area contributed by atoms with Gasteiger partial charge in [0.05, 0.1) is 12.0 Å². The molecule has 0 aliphatic carbocycles. The lowest BCUT2D eigenvalue weighted by molar-refractivity contribution is -0.130. The number of likely N-dealkylation sites (tertiary alicyclic amines) is 1. The molecule has 1 aromatic carbocycles. The lowest BCUT2D eigenvalue weighted by atomic mass is 9.99. The van der Waals surface area contributed by atoms with Crippen molar-refractivity contribution < 1.29 is 9.59 Å². The van der Waals surface area contributed by atoms with Gasteiger partial charge in [0.15, 0.2) is 0 Å². The number of rotatable bonds is 4. The first-order chi connectivity index (χ1) is 11.5. The highest BCUT2D eigenvalue weighted by molar-refractivity contribution is 5.89. The molecule has 4 atom stereocenters. The Balaban J connectivity index is 1.58. The molecule has 24 heavy (non-hydrogen) atoms. The third-order valence-electron chi connectivity index (χ3n) is 5.25. The molecule has 2 amide bonds. The van der Waals surface area contributed by atoms with Crippen LogP contribution in [0.4, 0.5) is 0 Å². The average molecular weight is 329 g/mol. The van der Waals surface area contributed by atoms with Crippen LogP contribution in [-0.4, -0.2) is 41.9 Å². The summed E-state index contributed by atoms with van der Waals surface area (Å²) in [4.78, 5) is 26.8. The van der Waals surface area contributed by atoms with E-state index in [0.717, 1.165) is 24.9 Å². The van der Waals surface area contributed by atoms with Crippen LogP contribution < -0.4 is 10.6 Å². The highest BCUT2D eigenvalue weighted by atomic mass is 16.2. The smallest absolute Gasteiger partial charge is 0.225 e. The summed E-state index contributed by atoms with van der Waals surface area (Å²) in [6, 6.07) is 10.7. The summed E-state index contributed by atoms with van der Waals surface area (Å²) in [6.07, 6.45) is 2.24. The molecular weight excluding hydrogens is 302 g/mol. The Morgan fingerprint density at radius 1 is 1.33 bits per heavy atom. The van der Waals surface area contributed by atoms with E-state index in [1.807, 2.05) is 42.2 Å². The Morgan fingerprint density at radius 2 is 2.08 bits per heavy atom. The second kappa shape index (κ2) is 7.34. The van der Waals surface area contributed by atoms with Crippen LogP contribution >= 0.6 is 0 Å². The van der Waals surface area contributed by atoms with E-state index in [9.17, 15) is 9.59 Å². The minimum Gasteiger partial charge on any atom is -0.353 e. The standard InChI is InChI=1S/C19H27N3O2/c1-13-10-17(8-9-20-13)21-19(24)16-11-18(23)22(12-16)14(2)15-6-4-3-5-7-15/h3-7,13-14,16-17,20H,8-12H2,1-2H3,(H,21,24). The summed E-state index contributed by atoms with van der Waals surface area (Å²) in [5.74, 6) is -0.121. The van der Waals surface area contributed by atoms with Crippen molar-refractivity contribution in [2.24, 2.45) is 5.92 Å². The van der Waals surface area contributed by atoms with E-state index in [-0.39, 0.29) is 29.8 Å². The number of nitrogens with one attached hydrogen (secondary N) is 2. The van der Waals surface area contributed by atoms with Crippen molar-refractivity contribution in [3.05, 3.63) is 35.9 Å². The SMILES string of the molecule is CC1CC(NC(=O)C2CC(=O)N(C(C)c3ccccc3)C2)CCN1. The van der Waals surface area contributed by atoms with Gasteiger partial charge in [-0.15, -0.1) is 0 Å². The van der Waals surface area contributed by atoms with Crippen molar-refractivity contribution in [1.29, 1.82) is 0 Å². The highest BCUT2D eigenvalue weighted by Crippen LogP contribution is 2.28. The van der Waals surface area contributed by atoms with Crippen LogP contribution in [0.3, 0.4) is 0 Å². The van der Waals surface area contributed by atoms with Crippen LogP contribution in [0.2, 0.25) is 0 Å². The minimum atomic E-state index is -0.228. The van der Waals surface area contributed by atoms with Gasteiger partial charge in [0.1, 0.15) is 0 Å². The number of hydrogen-bond acceptors (Lipinski definition) is 3. The lowest BCUT2D eigenvalue weighted by Gasteiger charge is -2.29. The van der Waals surface area contributed by atoms with Crippen LogP contribution in [0, 0.1) is 5.92 Å². The Kier molecular flexibility index (Phi) is 5.19. The molecule has 5 heteroatoms. The van der Waals surface area contributed by atoms with Gasteiger partial charge in [-0.3, -0.25) is 9.59 Å². The molecule has 2 aliphatic heterocycles. The maximum Gasteiger partial charge on any atom is 0.225 e. The van der Waals surface area contributed by atoms with Crippen molar-refractivity contribution in [3.8, 4) is 0 Å². The molecule has 0 bridgehead atoms. The fourth-order valence-electron chi connectivity index (χ4n) is 3.78. The van der Waals surface area contributed by atoms with Gasteiger partial charge >= 0.3 is 0 Å². The van der Waals surface area contributed by atoms with Crippen LogP contribution in [0.5, 0.6) is 0 Å². The van der Waals surface area contributed by atoms with Gasteiger partial charge in [-0.1, -0.05) is 30.3 Å². The molecule has 2 aliphatic rings. The Bertz CT molecular complexity index is 590. The first-order valence-electron chi connectivity index (χ1n) is 8.92. The normalized spacial score (nSPS) is 28.7. The fraction of sp³-hybridized carbons (Fsp3) is 0.579. The van der Waals surface area contributed by atoms with Crippen molar-refractivity contribution in [2.45, 2.75) is 51.2 Å². The van der Waals surface area contributed by atoms with Gasteiger partial charge in [-0.2, -0.15) is 0 Å². The molecule has 0 spiro atoms. The Morgan fingerprint density at radius 3 is 2.79 bits per heavy atom. The second-order valence-corrected chi connectivity index (χ2v) is 7.12. The van der Waals surface area contributed by atoms with Crippen molar-refractivity contribution >= 4 is 11.8 Å². The third-order valence-corrected chi connectivity index (χ3v) is 5.25. The molecule has 5 nitrogen and oxygen atoms in total. The van der Waals surface area contributed by atoms with Crippen molar-refractivity contribution in [3.63, 3.8) is 0 Å². The zero-order chi connectivity index (χ0) is 17.1. The first-order valence-corrected chi connectivity index (χ1v) is 8.92. The monoisotopic (exact) mass is 329 g/mol. The zero-order valence-corrected chi connectivity index (χ0v) is 14.5. The molecule has 2 saturated heterocycles. The van der Waals surface area contributed by atoms with Crippen LogP contribution in [0.1, 0.15) is 44.7 Å². The van der Waals surface area contributed by atoms with Gasteiger partial charge in [0, 0.05) is 25.0 Å². The van der Waals surface area contributed by atoms with E-state index in [2.05, 4.69) is 17.6 Å². The van der Waals surface area contributed by atoms with Crippen molar-refractivity contribution in [1.82, 2.24) is 15.5 Å². The van der Waals surface area contributed by atoms with Gasteiger partial charge in [0.2, 0.25) is 11.8 Å². The number of nitrogens with zero attached hydrogens (tertiary/aromatic N) is 1. The van der Waals surface area contributed by atoms with E-state index < -0.39 is 0 Å². The topological polar surface area (TPSA) is 61.4 Å². The minimum absolute atomic E-state index is 0.00963. The number of carbonyl (C=O) groups is 2. The average Bonchev–Trinajstić information content (AvgIpc) is 2.97. The molecule has 3 rings (SSSR count). The first kappa shape index (κ1) is 17.0. The number of piperidine rings is 1. The van der Waals surface area contributed by atoms with E-state index in [4.69, 9.17) is 0 Å². The number of benzene rings is 1. The third kappa shape index (κ3) is 3.78. The Labute approximate surface area is 143 Å².